The van der Waals surface area contributed by atoms with E-state index in [1.807, 2.05) is 25.1 Å². The zero-order valence-corrected chi connectivity index (χ0v) is 13.3. The lowest BCUT2D eigenvalue weighted by Crippen LogP contribution is -2.34. The number of anilines is 1. The van der Waals surface area contributed by atoms with E-state index in [0.717, 1.165) is 31.5 Å². The van der Waals surface area contributed by atoms with E-state index in [1.54, 1.807) is 13.1 Å². The van der Waals surface area contributed by atoms with Crippen molar-refractivity contribution in [2.45, 2.75) is 26.7 Å². The van der Waals surface area contributed by atoms with Gasteiger partial charge in [0.2, 0.25) is 0 Å². The minimum atomic E-state index is -3.47. The molecule has 2 N–H and O–H groups in total. The highest BCUT2D eigenvalue weighted by molar-refractivity contribution is 7.90. The highest BCUT2D eigenvalue weighted by Crippen LogP contribution is 2.15. The first kappa shape index (κ1) is 16.9. The third kappa shape index (κ3) is 5.48. The Bertz CT molecular complexity index is 503. The maximum absolute atomic E-state index is 12.2. The van der Waals surface area contributed by atoms with Crippen molar-refractivity contribution >= 4 is 15.9 Å². The SMILES string of the molecule is CCCNCCCN(C)S(=O)(=O)Nc1ccccc1C. The van der Waals surface area contributed by atoms with Crippen molar-refractivity contribution < 1.29 is 8.42 Å². The normalized spacial score (nSPS) is 11.8. The van der Waals surface area contributed by atoms with Crippen LogP contribution < -0.4 is 10.0 Å². The van der Waals surface area contributed by atoms with Crippen LogP contribution in [-0.4, -0.2) is 39.4 Å². The molecule has 0 atom stereocenters. The Morgan fingerprint density at radius 2 is 1.90 bits per heavy atom. The molecule has 0 aromatic heterocycles. The van der Waals surface area contributed by atoms with Gasteiger partial charge in [-0.05, 0) is 44.5 Å². The minimum Gasteiger partial charge on any atom is -0.317 e. The maximum atomic E-state index is 12.2. The Balaban J connectivity index is 2.49. The molecule has 1 aromatic carbocycles. The lowest BCUT2D eigenvalue weighted by molar-refractivity contribution is 0.458. The van der Waals surface area contributed by atoms with E-state index in [1.165, 1.54) is 4.31 Å². The number of nitrogens with zero attached hydrogens (tertiary/aromatic N) is 1. The number of para-hydroxylation sites is 1. The van der Waals surface area contributed by atoms with Crippen LogP contribution in [0.2, 0.25) is 0 Å². The molecule has 0 radical (unpaired) electrons. The van der Waals surface area contributed by atoms with Gasteiger partial charge in [0.15, 0.2) is 0 Å². The third-order valence-electron chi connectivity index (χ3n) is 3.05. The van der Waals surface area contributed by atoms with Crippen LogP contribution in [0.25, 0.3) is 0 Å². The van der Waals surface area contributed by atoms with E-state index in [2.05, 4.69) is 17.0 Å². The average Bonchev–Trinajstić information content (AvgIpc) is 2.40. The van der Waals surface area contributed by atoms with Gasteiger partial charge < -0.3 is 5.32 Å². The molecule has 0 amide bonds. The van der Waals surface area contributed by atoms with Crippen molar-refractivity contribution in [3.63, 3.8) is 0 Å². The molecular formula is C14H25N3O2S. The van der Waals surface area contributed by atoms with E-state index in [9.17, 15) is 8.42 Å². The van der Waals surface area contributed by atoms with Gasteiger partial charge in [-0.2, -0.15) is 12.7 Å². The summed E-state index contributed by atoms with van der Waals surface area (Å²) in [6.45, 7) is 6.29. The fraction of sp³-hybridized carbons (Fsp3) is 0.571. The molecule has 0 heterocycles. The molecule has 0 aliphatic rings. The molecule has 0 fully saturated rings. The fourth-order valence-electron chi connectivity index (χ4n) is 1.75. The van der Waals surface area contributed by atoms with Gasteiger partial charge in [0.05, 0.1) is 5.69 Å². The minimum absolute atomic E-state index is 0.498. The van der Waals surface area contributed by atoms with Gasteiger partial charge in [-0.3, -0.25) is 4.72 Å². The van der Waals surface area contributed by atoms with Crippen molar-refractivity contribution in [1.82, 2.24) is 9.62 Å². The zero-order chi connectivity index (χ0) is 15.0. The van der Waals surface area contributed by atoms with Crippen molar-refractivity contribution in [2.75, 3.05) is 31.4 Å². The Kier molecular flexibility index (Phi) is 6.98. The first-order valence-corrected chi connectivity index (χ1v) is 8.42. The number of hydrogen-bond donors (Lipinski definition) is 2. The summed E-state index contributed by atoms with van der Waals surface area (Å²) in [5.41, 5.74) is 1.54. The Hall–Kier alpha value is -1.11. The number of rotatable bonds is 9. The van der Waals surface area contributed by atoms with Crippen molar-refractivity contribution in [3.05, 3.63) is 29.8 Å². The quantitative estimate of drug-likeness (QED) is 0.685. The molecule has 114 valence electrons. The third-order valence-corrected chi connectivity index (χ3v) is 4.53. The summed E-state index contributed by atoms with van der Waals surface area (Å²) < 4.78 is 28.3. The van der Waals surface area contributed by atoms with Crippen LogP contribution in [0.4, 0.5) is 5.69 Å². The Labute approximate surface area is 122 Å². The van der Waals surface area contributed by atoms with Crippen LogP contribution in [0.5, 0.6) is 0 Å². The summed E-state index contributed by atoms with van der Waals surface area (Å²) in [6.07, 6.45) is 1.88. The fourth-order valence-corrected chi connectivity index (χ4v) is 2.79. The summed E-state index contributed by atoms with van der Waals surface area (Å²) in [4.78, 5) is 0. The molecule has 1 rings (SSSR count). The van der Waals surface area contributed by atoms with E-state index in [4.69, 9.17) is 0 Å². The summed E-state index contributed by atoms with van der Waals surface area (Å²) in [5, 5.41) is 3.26. The van der Waals surface area contributed by atoms with E-state index < -0.39 is 10.2 Å². The Morgan fingerprint density at radius 3 is 2.55 bits per heavy atom. The molecule has 0 saturated heterocycles. The standard InChI is InChI=1S/C14H25N3O2S/c1-4-10-15-11-7-12-17(3)20(18,19)16-14-9-6-5-8-13(14)2/h5-6,8-9,15-16H,4,7,10-12H2,1-3H3. The highest BCUT2D eigenvalue weighted by Gasteiger charge is 2.17. The second-order valence-corrected chi connectivity index (χ2v) is 6.62. The van der Waals surface area contributed by atoms with Crippen LogP contribution in [0.15, 0.2) is 24.3 Å². The van der Waals surface area contributed by atoms with Gasteiger partial charge in [-0.25, -0.2) is 0 Å². The molecular weight excluding hydrogens is 274 g/mol. The van der Waals surface area contributed by atoms with Crippen LogP contribution >= 0.6 is 0 Å². The molecule has 1 aromatic rings. The van der Waals surface area contributed by atoms with Crippen LogP contribution in [0.1, 0.15) is 25.3 Å². The summed E-state index contributed by atoms with van der Waals surface area (Å²) in [6, 6.07) is 7.35. The van der Waals surface area contributed by atoms with E-state index in [-0.39, 0.29) is 0 Å². The number of hydrogen-bond acceptors (Lipinski definition) is 3. The number of nitrogens with one attached hydrogen (secondary N) is 2. The average molecular weight is 299 g/mol. The predicted octanol–water partition coefficient (Wildman–Crippen LogP) is 1.97. The number of benzene rings is 1. The first-order chi connectivity index (χ1) is 9.47. The molecule has 20 heavy (non-hydrogen) atoms. The van der Waals surface area contributed by atoms with Crippen LogP contribution in [0.3, 0.4) is 0 Å². The Morgan fingerprint density at radius 1 is 1.20 bits per heavy atom. The van der Waals surface area contributed by atoms with Gasteiger partial charge in [-0.15, -0.1) is 0 Å². The van der Waals surface area contributed by atoms with Gasteiger partial charge in [0, 0.05) is 13.6 Å². The van der Waals surface area contributed by atoms with Gasteiger partial charge in [-0.1, -0.05) is 25.1 Å². The molecule has 0 aliphatic carbocycles. The lowest BCUT2D eigenvalue weighted by atomic mass is 10.2. The lowest BCUT2D eigenvalue weighted by Gasteiger charge is -2.19. The van der Waals surface area contributed by atoms with Crippen molar-refractivity contribution in [3.8, 4) is 0 Å². The largest absolute Gasteiger partial charge is 0.317 e. The highest BCUT2D eigenvalue weighted by atomic mass is 32.2. The number of aryl methyl sites for hydroxylation is 1. The van der Waals surface area contributed by atoms with Crippen molar-refractivity contribution in [2.24, 2.45) is 0 Å². The monoisotopic (exact) mass is 299 g/mol. The molecule has 6 heteroatoms. The summed E-state index contributed by atoms with van der Waals surface area (Å²) in [5.74, 6) is 0. The van der Waals surface area contributed by atoms with Crippen molar-refractivity contribution in [1.29, 1.82) is 0 Å². The molecule has 0 aliphatic heterocycles. The molecule has 0 bridgehead atoms. The maximum Gasteiger partial charge on any atom is 0.301 e. The second kappa shape index (κ2) is 8.24. The second-order valence-electron chi connectivity index (χ2n) is 4.85. The van der Waals surface area contributed by atoms with Gasteiger partial charge in [0.1, 0.15) is 0 Å². The predicted molar refractivity (Wildman–Crippen MR) is 84.1 cm³/mol. The van der Waals surface area contributed by atoms with E-state index >= 15 is 0 Å². The molecule has 0 spiro atoms. The van der Waals surface area contributed by atoms with Crippen LogP contribution in [-0.2, 0) is 10.2 Å². The van der Waals surface area contributed by atoms with Crippen LogP contribution in [0, 0.1) is 6.92 Å². The smallest absolute Gasteiger partial charge is 0.301 e. The van der Waals surface area contributed by atoms with E-state index in [0.29, 0.717) is 12.2 Å². The molecule has 0 saturated carbocycles. The summed E-state index contributed by atoms with van der Waals surface area (Å²) >= 11 is 0. The first-order valence-electron chi connectivity index (χ1n) is 6.98. The topological polar surface area (TPSA) is 61.4 Å². The molecule has 0 unspecified atom stereocenters. The zero-order valence-electron chi connectivity index (χ0n) is 12.5. The summed E-state index contributed by atoms with van der Waals surface area (Å²) in [7, 11) is -1.88. The van der Waals surface area contributed by atoms with Gasteiger partial charge >= 0.3 is 10.2 Å². The molecule has 5 nitrogen and oxygen atoms in total. The van der Waals surface area contributed by atoms with Gasteiger partial charge in [0.25, 0.3) is 0 Å².